The summed E-state index contributed by atoms with van der Waals surface area (Å²) in [5, 5.41) is 11.5. The van der Waals surface area contributed by atoms with E-state index in [1.165, 1.54) is 4.57 Å². The first-order valence-electron chi connectivity index (χ1n) is 5.64. The molecule has 0 bridgehead atoms. The smallest absolute Gasteiger partial charge is 0.419 e. The SMILES string of the molecule is CC(NCCn1c(=O)oc2ccccc21)C(=O)O. The third-order valence-corrected chi connectivity index (χ3v) is 2.73. The standard InChI is InChI=1S/C12H14N2O4/c1-8(11(15)16)13-6-7-14-9-4-2-3-5-10(9)18-12(14)17/h2-5,8,13H,6-7H2,1H3,(H,15,16). The Morgan fingerprint density at radius 1 is 1.50 bits per heavy atom. The summed E-state index contributed by atoms with van der Waals surface area (Å²) in [7, 11) is 0. The number of carbonyl (C=O) groups is 1. The van der Waals surface area contributed by atoms with Gasteiger partial charge in [-0.05, 0) is 19.1 Å². The molecule has 0 amide bonds. The predicted octanol–water partition coefficient (Wildman–Crippen LogP) is 0.657. The molecule has 6 heteroatoms. The second kappa shape index (κ2) is 5.05. The molecule has 2 rings (SSSR count). The average molecular weight is 250 g/mol. The molecule has 0 saturated heterocycles. The topological polar surface area (TPSA) is 84.5 Å². The normalized spacial score (nSPS) is 12.7. The van der Waals surface area contributed by atoms with Crippen LogP contribution in [0.4, 0.5) is 0 Å². The summed E-state index contributed by atoms with van der Waals surface area (Å²) in [6.07, 6.45) is 0. The zero-order chi connectivity index (χ0) is 13.1. The number of para-hydroxylation sites is 2. The Bertz CT molecular complexity index is 614. The average Bonchev–Trinajstić information content (AvgIpc) is 2.65. The maximum atomic E-state index is 11.6. The van der Waals surface area contributed by atoms with E-state index < -0.39 is 17.8 Å². The van der Waals surface area contributed by atoms with Crippen LogP contribution in [0.5, 0.6) is 0 Å². The fraction of sp³-hybridized carbons (Fsp3) is 0.333. The Labute approximate surface area is 103 Å². The molecule has 6 nitrogen and oxygen atoms in total. The van der Waals surface area contributed by atoms with Crippen LogP contribution in [0.3, 0.4) is 0 Å². The van der Waals surface area contributed by atoms with Crippen molar-refractivity contribution in [2.75, 3.05) is 6.54 Å². The second-order valence-electron chi connectivity index (χ2n) is 4.00. The van der Waals surface area contributed by atoms with Crippen LogP contribution in [0, 0.1) is 0 Å². The molecule has 18 heavy (non-hydrogen) atoms. The minimum atomic E-state index is -0.917. The predicted molar refractivity (Wildman–Crippen MR) is 65.6 cm³/mol. The van der Waals surface area contributed by atoms with E-state index in [-0.39, 0.29) is 0 Å². The lowest BCUT2D eigenvalue weighted by Crippen LogP contribution is -2.36. The van der Waals surface area contributed by atoms with Gasteiger partial charge in [-0.15, -0.1) is 0 Å². The van der Waals surface area contributed by atoms with Crippen molar-refractivity contribution >= 4 is 17.1 Å². The van der Waals surface area contributed by atoms with Crippen molar-refractivity contribution < 1.29 is 14.3 Å². The van der Waals surface area contributed by atoms with Gasteiger partial charge in [0, 0.05) is 13.1 Å². The molecule has 96 valence electrons. The van der Waals surface area contributed by atoms with Crippen LogP contribution in [-0.4, -0.2) is 28.2 Å². The maximum absolute atomic E-state index is 11.6. The van der Waals surface area contributed by atoms with E-state index in [1.807, 2.05) is 6.07 Å². The zero-order valence-corrected chi connectivity index (χ0v) is 9.92. The Balaban J connectivity index is 2.10. The molecule has 1 unspecified atom stereocenters. The fourth-order valence-corrected chi connectivity index (χ4v) is 1.71. The monoisotopic (exact) mass is 250 g/mol. The fourth-order valence-electron chi connectivity index (χ4n) is 1.71. The van der Waals surface area contributed by atoms with Crippen LogP contribution < -0.4 is 11.1 Å². The molecule has 1 heterocycles. The number of carboxylic acids is 1. The molecule has 0 aliphatic heterocycles. The number of nitrogens with one attached hydrogen (secondary N) is 1. The summed E-state index contributed by atoms with van der Waals surface area (Å²) in [4.78, 5) is 22.2. The summed E-state index contributed by atoms with van der Waals surface area (Å²) >= 11 is 0. The number of aliphatic carboxylic acids is 1. The molecule has 2 aromatic rings. The van der Waals surface area contributed by atoms with Gasteiger partial charge in [-0.3, -0.25) is 9.36 Å². The van der Waals surface area contributed by atoms with Crippen LogP contribution in [-0.2, 0) is 11.3 Å². The van der Waals surface area contributed by atoms with Gasteiger partial charge in [0.25, 0.3) is 0 Å². The van der Waals surface area contributed by atoms with Gasteiger partial charge in [-0.1, -0.05) is 12.1 Å². The lowest BCUT2D eigenvalue weighted by atomic mass is 10.3. The van der Waals surface area contributed by atoms with Gasteiger partial charge < -0.3 is 14.8 Å². The lowest BCUT2D eigenvalue weighted by molar-refractivity contribution is -0.138. The van der Waals surface area contributed by atoms with Crippen molar-refractivity contribution in [2.45, 2.75) is 19.5 Å². The van der Waals surface area contributed by atoms with Gasteiger partial charge >= 0.3 is 11.7 Å². The van der Waals surface area contributed by atoms with Crippen molar-refractivity contribution in [3.05, 3.63) is 34.8 Å². The van der Waals surface area contributed by atoms with Crippen molar-refractivity contribution in [3.8, 4) is 0 Å². The lowest BCUT2D eigenvalue weighted by Gasteiger charge is -2.08. The van der Waals surface area contributed by atoms with Crippen LogP contribution in [0.25, 0.3) is 11.1 Å². The third kappa shape index (κ3) is 2.43. The van der Waals surface area contributed by atoms with Gasteiger partial charge in [0.1, 0.15) is 6.04 Å². The first kappa shape index (κ1) is 12.4. The van der Waals surface area contributed by atoms with Crippen molar-refractivity contribution in [2.24, 2.45) is 0 Å². The molecule has 1 atom stereocenters. The Hall–Kier alpha value is -2.08. The highest BCUT2D eigenvalue weighted by Gasteiger charge is 2.11. The third-order valence-electron chi connectivity index (χ3n) is 2.73. The highest BCUT2D eigenvalue weighted by Crippen LogP contribution is 2.10. The Morgan fingerprint density at radius 3 is 2.94 bits per heavy atom. The zero-order valence-electron chi connectivity index (χ0n) is 9.92. The van der Waals surface area contributed by atoms with Gasteiger partial charge in [-0.25, -0.2) is 4.79 Å². The molecule has 0 radical (unpaired) electrons. The van der Waals surface area contributed by atoms with E-state index in [0.29, 0.717) is 24.2 Å². The quantitative estimate of drug-likeness (QED) is 0.814. The maximum Gasteiger partial charge on any atom is 0.419 e. The molecule has 0 fully saturated rings. The number of aromatic nitrogens is 1. The number of nitrogens with zero attached hydrogens (tertiary/aromatic N) is 1. The van der Waals surface area contributed by atoms with E-state index >= 15 is 0 Å². The van der Waals surface area contributed by atoms with Gasteiger partial charge in [0.2, 0.25) is 0 Å². The number of oxazole rings is 1. The highest BCUT2D eigenvalue weighted by molar-refractivity contribution is 5.73. The highest BCUT2D eigenvalue weighted by atomic mass is 16.4. The molecule has 1 aromatic heterocycles. The Morgan fingerprint density at radius 2 is 2.22 bits per heavy atom. The van der Waals surface area contributed by atoms with E-state index in [1.54, 1.807) is 25.1 Å². The summed E-state index contributed by atoms with van der Waals surface area (Å²) < 4.78 is 6.55. The van der Waals surface area contributed by atoms with Crippen molar-refractivity contribution in [1.29, 1.82) is 0 Å². The van der Waals surface area contributed by atoms with E-state index in [9.17, 15) is 9.59 Å². The summed E-state index contributed by atoms with van der Waals surface area (Å²) in [6, 6.07) is 6.49. The van der Waals surface area contributed by atoms with Gasteiger partial charge in [0.05, 0.1) is 5.52 Å². The van der Waals surface area contributed by atoms with Crippen LogP contribution in [0.2, 0.25) is 0 Å². The molecule has 0 saturated carbocycles. The van der Waals surface area contributed by atoms with E-state index in [2.05, 4.69) is 5.32 Å². The molecule has 1 aromatic carbocycles. The molecule has 2 N–H and O–H groups in total. The van der Waals surface area contributed by atoms with Crippen LogP contribution in [0.15, 0.2) is 33.5 Å². The molecule has 0 aliphatic rings. The largest absolute Gasteiger partial charge is 0.480 e. The first-order chi connectivity index (χ1) is 8.59. The molecule has 0 spiro atoms. The summed E-state index contributed by atoms with van der Waals surface area (Å²) in [5.41, 5.74) is 1.25. The minimum absolute atomic E-state index is 0.369. The summed E-state index contributed by atoms with van der Waals surface area (Å²) in [5.74, 6) is -1.35. The molecular formula is C12H14N2O4. The summed E-state index contributed by atoms with van der Waals surface area (Å²) in [6.45, 7) is 2.31. The van der Waals surface area contributed by atoms with Gasteiger partial charge in [0.15, 0.2) is 5.58 Å². The number of fused-ring (bicyclic) bond motifs is 1. The van der Waals surface area contributed by atoms with Crippen LogP contribution in [0.1, 0.15) is 6.92 Å². The number of hydrogen-bond donors (Lipinski definition) is 2. The Kier molecular flexibility index (Phi) is 3.47. The number of benzene rings is 1. The molecule has 0 aliphatic carbocycles. The van der Waals surface area contributed by atoms with Crippen molar-refractivity contribution in [1.82, 2.24) is 9.88 Å². The van der Waals surface area contributed by atoms with Crippen molar-refractivity contribution in [3.63, 3.8) is 0 Å². The second-order valence-corrected chi connectivity index (χ2v) is 4.00. The number of carboxylic acid groups (broad SMARTS) is 1. The minimum Gasteiger partial charge on any atom is -0.480 e. The number of hydrogen-bond acceptors (Lipinski definition) is 4. The molecular weight excluding hydrogens is 236 g/mol. The van der Waals surface area contributed by atoms with E-state index in [0.717, 1.165) is 0 Å². The van der Waals surface area contributed by atoms with E-state index in [4.69, 9.17) is 9.52 Å². The number of rotatable bonds is 5. The van der Waals surface area contributed by atoms with Gasteiger partial charge in [-0.2, -0.15) is 0 Å². The first-order valence-corrected chi connectivity index (χ1v) is 5.64. The van der Waals surface area contributed by atoms with Crippen LogP contribution >= 0.6 is 0 Å².